The Morgan fingerprint density at radius 2 is 1.83 bits per heavy atom. The predicted molar refractivity (Wildman–Crippen MR) is 68.2 cm³/mol. The van der Waals surface area contributed by atoms with Gasteiger partial charge in [-0.1, -0.05) is 43.3 Å². The summed E-state index contributed by atoms with van der Waals surface area (Å²) >= 11 is 0. The summed E-state index contributed by atoms with van der Waals surface area (Å²) in [6.45, 7) is 2.04. The fourth-order valence-corrected chi connectivity index (χ4v) is 1.95. The summed E-state index contributed by atoms with van der Waals surface area (Å²) in [5.74, 6) is -1.73. The van der Waals surface area contributed by atoms with Crippen LogP contribution in [0.5, 0.6) is 0 Å². The first kappa shape index (κ1) is 12.7. The van der Waals surface area contributed by atoms with Crippen LogP contribution in [0.1, 0.15) is 29.7 Å². The third-order valence-corrected chi connectivity index (χ3v) is 3.03. The maximum atomic E-state index is 13.7. The molecule has 0 fully saturated rings. The van der Waals surface area contributed by atoms with Gasteiger partial charge in [0.05, 0.1) is 6.04 Å². The highest BCUT2D eigenvalue weighted by Gasteiger charge is 2.16. The van der Waals surface area contributed by atoms with Crippen molar-refractivity contribution in [3.8, 4) is 0 Å². The van der Waals surface area contributed by atoms with Crippen LogP contribution in [0.2, 0.25) is 0 Å². The molecule has 2 N–H and O–H groups in total. The lowest BCUT2D eigenvalue weighted by Gasteiger charge is -2.14. The summed E-state index contributed by atoms with van der Waals surface area (Å²) in [6.07, 6.45) is 0.881. The molecular formula is C15H15F2N. The molecule has 0 bridgehead atoms. The molecule has 3 heteroatoms. The van der Waals surface area contributed by atoms with E-state index in [-0.39, 0.29) is 5.56 Å². The van der Waals surface area contributed by atoms with Crippen LogP contribution in [-0.4, -0.2) is 0 Å². The van der Waals surface area contributed by atoms with Gasteiger partial charge in [-0.15, -0.1) is 0 Å². The number of halogens is 2. The van der Waals surface area contributed by atoms with Crippen molar-refractivity contribution < 1.29 is 8.78 Å². The van der Waals surface area contributed by atoms with Crippen molar-refractivity contribution >= 4 is 0 Å². The van der Waals surface area contributed by atoms with Crippen LogP contribution in [0.15, 0.2) is 42.5 Å². The Bertz CT molecular complexity index is 552. The monoisotopic (exact) mass is 247 g/mol. The van der Waals surface area contributed by atoms with Gasteiger partial charge in [0.15, 0.2) is 11.6 Å². The highest BCUT2D eigenvalue weighted by molar-refractivity contribution is 5.34. The molecule has 18 heavy (non-hydrogen) atoms. The van der Waals surface area contributed by atoms with Gasteiger partial charge in [-0.2, -0.15) is 0 Å². The molecule has 0 saturated carbocycles. The second kappa shape index (κ2) is 5.27. The number of aryl methyl sites for hydroxylation is 1. The van der Waals surface area contributed by atoms with E-state index < -0.39 is 17.7 Å². The first-order valence-corrected chi connectivity index (χ1v) is 5.91. The maximum Gasteiger partial charge on any atom is 0.163 e. The molecule has 0 saturated heterocycles. The molecule has 1 nitrogen and oxygen atoms in total. The second-order valence-corrected chi connectivity index (χ2v) is 4.22. The molecule has 0 amide bonds. The first-order chi connectivity index (χ1) is 8.63. The number of hydrogen-bond donors (Lipinski definition) is 1. The highest BCUT2D eigenvalue weighted by Crippen LogP contribution is 2.24. The number of rotatable bonds is 3. The maximum absolute atomic E-state index is 13.7. The number of nitrogens with two attached hydrogens (primary N) is 1. The molecule has 0 aliphatic rings. The van der Waals surface area contributed by atoms with Gasteiger partial charge in [0.2, 0.25) is 0 Å². The van der Waals surface area contributed by atoms with E-state index in [1.165, 1.54) is 12.1 Å². The second-order valence-electron chi connectivity index (χ2n) is 4.22. The first-order valence-electron chi connectivity index (χ1n) is 5.91. The molecule has 2 aromatic rings. The van der Waals surface area contributed by atoms with E-state index >= 15 is 0 Å². The van der Waals surface area contributed by atoms with Gasteiger partial charge in [-0.3, -0.25) is 0 Å². The molecule has 1 unspecified atom stereocenters. The summed E-state index contributed by atoms with van der Waals surface area (Å²) < 4.78 is 26.8. The minimum atomic E-state index is -0.869. The Balaban J connectivity index is 2.41. The van der Waals surface area contributed by atoms with Gasteiger partial charge < -0.3 is 5.73 Å². The average molecular weight is 247 g/mol. The minimum Gasteiger partial charge on any atom is -0.320 e. The normalized spacial score (nSPS) is 12.4. The van der Waals surface area contributed by atoms with Gasteiger partial charge in [0.1, 0.15) is 0 Å². The van der Waals surface area contributed by atoms with Crippen LogP contribution in [0.4, 0.5) is 8.78 Å². The zero-order valence-electron chi connectivity index (χ0n) is 10.2. The van der Waals surface area contributed by atoms with E-state index in [4.69, 9.17) is 5.73 Å². The standard InChI is InChI=1S/C15H15F2N/c1-2-10-5-3-6-11(9-10)15(18)12-7-4-8-13(16)14(12)17/h3-9,15H,2,18H2,1H3. The van der Waals surface area contributed by atoms with Gasteiger partial charge in [0, 0.05) is 5.56 Å². The Morgan fingerprint density at radius 3 is 2.56 bits per heavy atom. The van der Waals surface area contributed by atoms with Crippen molar-refractivity contribution in [3.63, 3.8) is 0 Å². The molecule has 0 aliphatic carbocycles. The lowest BCUT2D eigenvalue weighted by Crippen LogP contribution is -2.14. The van der Waals surface area contributed by atoms with Gasteiger partial charge in [0.25, 0.3) is 0 Å². The minimum absolute atomic E-state index is 0.184. The zero-order valence-corrected chi connectivity index (χ0v) is 10.2. The van der Waals surface area contributed by atoms with Gasteiger partial charge in [-0.25, -0.2) is 8.78 Å². The molecule has 0 radical (unpaired) electrons. The van der Waals surface area contributed by atoms with Gasteiger partial charge >= 0.3 is 0 Å². The Labute approximate surface area is 105 Å². The van der Waals surface area contributed by atoms with E-state index in [0.29, 0.717) is 0 Å². The molecule has 2 aromatic carbocycles. The Kier molecular flexibility index (Phi) is 3.72. The molecule has 0 heterocycles. The van der Waals surface area contributed by atoms with Crippen molar-refractivity contribution in [3.05, 3.63) is 70.8 Å². The smallest absolute Gasteiger partial charge is 0.163 e. The van der Waals surface area contributed by atoms with Crippen LogP contribution < -0.4 is 5.73 Å². The van der Waals surface area contributed by atoms with Gasteiger partial charge in [-0.05, 0) is 23.6 Å². The largest absolute Gasteiger partial charge is 0.320 e. The third kappa shape index (κ3) is 2.41. The van der Waals surface area contributed by atoms with E-state index in [1.807, 2.05) is 31.2 Å². The zero-order chi connectivity index (χ0) is 13.1. The summed E-state index contributed by atoms with van der Waals surface area (Å²) in [5.41, 5.74) is 8.10. The summed E-state index contributed by atoms with van der Waals surface area (Å²) in [6, 6.07) is 11.0. The van der Waals surface area contributed by atoms with Crippen LogP contribution in [0, 0.1) is 11.6 Å². The lowest BCUT2D eigenvalue weighted by atomic mass is 9.97. The summed E-state index contributed by atoms with van der Waals surface area (Å²) in [7, 11) is 0. The molecule has 0 aliphatic heterocycles. The third-order valence-electron chi connectivity index (χ3n) is 3.03. The van der Waals surface area contributed by atoms with E-state index in [0.717, 1.165) is 23.6 Å². The van der Waals surface area contributed by atoms with Crippen molar-refractivity contribution in [2.75, 3.05) is 0 Å². The van der Waals surface area contributed by atoms with E-state index in [1.54, 1.807) is 0 Å². The molecule has 2 rings (SSSR count). The van der Waals surface area contributed by atoms with Crippen molar-refractivity contribution in [1.82, 2.24) is 0 Å². The average Bonchev–Trinajstić information content (AvgIpc) is 2.41. The SMILES string of the molecule is CCc1cccc(C(N)c2cccc(F)c2F)c1. The summed E-state index contributed by atoms with van der Waals surface area (Å²) in [5, 5.41) is 0. The Hall–Kier alpha value is -1.74. The molecule has 0 spiro atoms. The molecular weight excluding hydrogens is 232 g/mol. The van der Waals surface area contributed by atoms with Crippen LogP contribution in [-0.2, 0) is 6.42 Å². The predicted octanol–water partition coefficient (Wildman–Crippen LogP) is 3.58. The summed E-state index contributed by atoms with van der Waals surface area (Å²) in [4.78, 5) is 0. The van der Waals surface area contributed by atoms with Crippen molar-refractivity contribution in [2.24, 2.45) is 5.73 Å². The van der Waals surface area contributed by atoms with Crippen molar-refractivity contribution in [1.29, 1.82) is 0 Å². The number of hydrogen-bond acceptors (Lipinski definition) is 1. The van der Waals surface area contributed by atoms with Crippen LogP contribution in [0.25, 0.3) is 0 Å². The van der Waals surface area contributed by atoms with Crippen molar-refractivity contribution in [2.45, 2.75) is 19.4 Å². The lowest BCUT2D eigenvalue weighted by molar-refractivity contribution is 0.494. The van der Waals surface area contributed by atoms with Crippen LogP contribution in [0.3, 0.4) is 0 Å². The number of benzene rings is 2. The molecule has 94 valence electrons. The van der Waals surface area contributed by atoms with E-state index in [2.05, 4.69) is 0 Å². The fraction of sp³-hybridized carbons (Fsp3) is 0.200. The topological polar surface area (TPSA) is 26.0 Å². The quantitative estimate of drug-likeness (QED) is 0.881. The Morgan fingerprint density at radius 1 is 1.11 bits per heavy atom. The fourth-order valence-electron chi connectivity index (χ4n) is 1.95. The highest BCUT2D eigenvalue weighted by atomic mass is 19.2. The van der Waals surface area contributed by atoms with E-state index in [9.17, 15) is 8.78 Å². The van der Waals surface area contributed by atoms with Crippen LogP contribution >= 0.6 is 0 Å². The molecule has 0 aromatic heterocycles. The molecule has 1 atom stereocenters.